The van der Waals surface area contributed by atoms with E-state index in [0.29, 0.717) is 32.7 Å². The van der Waals surface area contributed by atoms with Crippen molar-refractivity contribution >= 4 is 12.0 Å². The molecule has 2 heterocycles. The van der Waals surface area contributed by atoms with Crippen LogP contribution in [0.15, 0.2) is 0 Å². The second-order valence-electron chi connectivity index (χ2n) is 5.21. The first kappa shape index (κ1) is 15.1. The molecule has 0 radical (unpaired) electrons. The summed E-state index contributed by atoms with van der Waals surface area (Å²) in [6.45, 7) is 3.86. The van der Waals surface area contributed by atoms with Crippen molar-refractivity contribution in [2.45, 2.75) is 38.0 Å². The lowest BCUT2D eigenvalue weighted by atomic mass is 10.2. The minimum absolute atomic E-state index is 0.0206. The van der Waals surface area contributed by atoms with Gasteiger partial charge >= 0.3 is 12.0 Å². The number of carboxylic acids is 1. The summed E-state index contributed by atoms with van der Waals surface area (Å²) in [6, 6.07) is -0.993. The molecule has 7 heteroatoms. The average Bonchev–Trinajstić information content (AvgIpc) is 2.91. The lowest BCUT2D eigenvalue weighted by Gasteiger charge is -2.38. The third-order valence-electron chi connectivity index (χ3n) is 4.07. The molecule has 2 aliphatic heterocycles. The van der Waals surface area contributed by atoms with Crippen LogP contribution in [0.3, 0.4) is 0 Å². The first-order chi connectivity index (χ1) is 9.58. The van der Waals surface area contributed by atoms with E-state index < -0.39 is 12.0 Å². The molecule has 2 rings (SSSR count). The SMILES string of the molecule is CCC1COCCN1C(=O)N1CC(OC)CC1C(=O)O. The van der Waals surface area contributed by atoms with Crippen LogP contribution in [0.1, 0.15) is 19.8 Å². The molecule has 0 aromatic carbocycles. The number of urea groups is 1. The van der Waals surface area contributed by atoms with Gasteiger partial charge in [-0.25, -0.2) is 9.59 Å². The van der Waals surface area contributed by atoms with E-state index in [2.05, 4.69) is 0 Å². The quantitative estimate of drug-likeness (QED) is 0.812. The van der Waals surface area contributed by atoms with Crippen LogP contribution in [0, 0.1) is 0 Å². The number of nitrogens with zero attached hydrogens (tertiary/aromatic N) is 2. The molecule has 2 aliphatic rings. The summed E-state index contributed by atoms with van der Waals surface area (Å²) >= 11 is 0. The van der Waals surface area contributed by atoms with Gasteiger partial charge in [-0.3, -0.25) is 0 Å². The molecule has 0 spiro atoms. The van der Waals surface area contributed by atoms with Crippen LogP contribution >= 0.6 is 0 Å². The molecule has 0 aliphatic carbocycles. The second kappa shape index (κ2) is 6.41. The number of rotatable bonds is 3. The van der Waals surface area contributed by atoms with Crippen LogP contribution in [0.2, 0.25) is 0 Å². The molecule has 20 heavy (non-hydrogen) atoms. The Morgan fingerprint density at radius 3 is 2.75 bits per heavy atom. The fraction of sp³-hybridized carbons (Fsp3) is 0.846. The Bertz CT molecular complexity index is 376. The van der Waals surface area contributed by atoms with Crippen molar-refractivity contribution in [2.24, 2.45) is 0 Å². The fourth-order valence-corrected chi connectivity index (χ4v) is 2.82. The highest BCUT2D eigenvalue weighted by atomic mass is 16.5. The van der Waals surface area contributed by atoms with E-state index in [1.165, 1.54) is 4.90 Å². The summed E-state index contributed by atoms with van der Waals surface area (Å²) in [5, 5.41) is 9.27. The topological polar surface area (TPSA) is 79.3 Å². The first-order valence-electron chi connectivity index (χ1n) is 6.99. The normalized spacial score (nSPS) is 30.6. The van der Waals surface area contributed by atoms with Crippen LogP contribution in [-0.4, -0.2) is 78.5 Å². The van der Waals surface area contributed by atoms with Gasteiger partial charge in [0.1, 0.15) is 6.04 Å². The maximum absolute atomic E-state index is 12.6. The molecule has 3 atom stereocenters. The smallest absolute Gasteiger partial charge is 0.326 e. The highest BCUT2D eigenvalue weighted by Gasteiger charge is 2.42. The third kappa shape index (κ3) is 2.88. The van der Waals surface area contributed by atoms with Crippen molar-refractivity contribution in [3.63, 3.8) is 0 Å². The zero-order chi connectivity index (χ0) is 14.7. The minimum atomic E-state index is -0.973. The van der Waals surface area contributed by atoms with Crippen molar-refractivity contribution < 1.29 is 24.2 Å². The molecule has 7 nitrogen and oxygen atoms in total. The molecule has 2 fully saturated rings. The van der Waals surface area contributed by atoms with E-state index in [4.69, 9.17) is 9.47 Å². The Morgan fingerprint density at radius 2 is 2.15 bits per heavy atom. The lowest BCUT2D eigenvalue weighted by Crippen LogP contribution is -2.55. The van der Waals surface area contributed by atoms with E-state index in [1.807, 2.05) is 6.92 Å². The maximum atomic E-state index is 12.6. The number of hydrogen-bond donors (Lipinski definition) is 1. The lowest BCUT2D eigenvalue weighted by molar-refractivity contribution is -0.141. The Morgan fingerprint density at radius 1 is 1.40 bits per heavy atom. The molecule has 0 saturated carbocycles. The van der Waals surface area contributed by atoms with Gasteiger partial charge in [0.15, 0.2) is 0 Å². The first-order valence-corrected chi connectivity index (χ1v) is 6.99. The second-order valence-corrected chi connectivity index (χ2v) is 5.21. The van der Waals surface area contributed by atoms with Gasteiger partial charge in [0.2, 0.25) is 0 Å². The molecule has 1 N–H and O–H groups in total. The molecule has 114 valence electrons. The number of aliphatic carboxylic acids is 1. The van der Waals surface area contributed by atoms with Gasteiger partial charge < -0.3 is 24.4 Å². The fourth-order valence-electron chi connectivity index (χ4n) is 2.82. The largest absolute Gasteiger partial charge is 0.480 e. The maximum Gasteiger partial charge on any atom is 0.326 e. The highest BCUT2D eigenvalue weighted by Crippen LogP contribution is 2.24. The number of likely N-dealkylation sites (tertiary alicyclic amines) is 1. The van der Waals surface area contributed by atoms with Gasteiger partial charge in [-0.1, -0.05) is 6.92 Å². The molecule has 0 aromatic rings. The number of ether oxygens (including phenoxy) is 2. The van der Waals surface area contributed by atoms with Crippen LogP contribution in [-0.2, 0) is 14.3 Å². The van der Waals surface area contributed by atoms with Crippen molar-refractivity contribution in [2.75, 3.05) is 33.4 Å². The molecule has 3 unspecified atom stereocenters. The highest BCUT2D eigenvalue weighted by molar-refractivity contribution is 5.83. The Labute approximate surface area is 118 Å². The Kier molecular flexibility index (Phi) is 4.82. The number of carboxylic acid groups (broad SMARTS) is 1. The Hall–Kier alpha value is -1.34. The van der Waals surface area contributed by atoms with Crippen molar-refractivity contribution in [1.82, 2.24) is 9.80 Å². The van der Waals surface area contributed by atoms with Gasteiger partial charge in [0, 0.05) is 26.6 Å². The molecule has 0 bridgehead atoms. The predicted octanol–water partition coefficient (Wildman–Crippen LogP) is 0.391. The monoisotopic (exact) mass is 286 g/mol. The third-order valence-corrected chi connectivity index (χ3v) is 4.07. The van der Waals surface area contributed by atoms with E-state index in [1.54, 1.807) is 12.0 Å². The summed E-state index contributed by atoms with van der Waals surface area (Å²) < 4.78 is 10.6. The van der Waals surface area contributed by atoms with Crippen LogP contribution in [0.5, 0.6) is 0 Å². The van der Waals surface area contributed by atoms with Gasteiger partial charge in [-0.05, 0) is 6.42 Å². The van der Waals surface area contributed by atoms with E-state index in [-0.39, 0.29) is 18.2 Å². The summed E-state index contributed by atoms with van der Waals surface area (Å²) in [6.07, 6.45) is 0.935. The summed E-state index contributed by atoms with van der Waals surface area (Å²) in [7, 11) is 1.54. The number of amides is 2. The summed E-state index contributed by atoms with van der Waals surface area (Å²) in [5.74, 6) is -0.973. The Balaban J connectivity index is 2.11. The van der Waals surface area contributed by atoms with E-state index in [0.717, 1.165) is 6.42 Å². The molecule has 2 amide bonds. The zero-order valence-electron chi connectivity index (χ0n) is 11.9. The van der Waals surface area contributed by atoms with E-state index >= 15 is 0 Å². The number of methoxy groups -OCH3 is 1. The number of morpholine rings is 1. The van der Waals surface area contributed by atoms with Gasteiger partial charge in [0.05, 0.1) is 25.4 Å². The molecule has 0 aromatic heterocycles. The van der Waals surface area contributed by atoms with Crippen molar-refractivity contribution in [3.8, 4) is 0 Å². The number of carbonyl (C=O) groups excluding carboxylic acids is 1. The number of hydrogen-bond acceptors (Lipinski definition) is 4. The predicted molar refractivity (Wildman–Crippen MR) is 70.5 cm³/mol. The number of carbonyl (C=O) groups is 2. The van der Waals surface area contributed by atoms with Gasteiger partial charge in [-0.2, -0.15) is 0 Å². The molecule has 2 saturated heterocycles. The van der Waals surface area contributed by atoms with Crippen LogP contribution < -0.4 is 0 Å². The van der Waals surface area contributed by atoms with Gasteiger partial charge in [-0.15, -0.1) is 0 Å². The minimum Gasteiger partial charge on any atom is -0.480 e. The molecular formula is C13H22N2O5. The average molecular weight is 286 g/mol. The van der Waals surface area contributed by atoms with E-state index in [9.17, 15) is 14.7 Å². The van der Waals surface area contributed by atoms with Crippen molar-refractivity contribution in [3.05, 3.63) is 0 Å². The van der Waals surface area contributed by atoms with Gasteiger partial charge in [0.25, 0.3) is 0 Å². The summed E-state index contributed by atoms with van der Waals surface area (Å²) in [5.41, 5.74) is 0. The van der Waals surface area contributed by atoms with Crippen molar-refractivity contribution in [1.29, 1.82) is 0 Å². The molecular weight excluding hydrogens is 264 g/mol. The van der Waals surface area contributed by atoms with Crippen LogP contribution in [0.4, 0.5) is 4.79 Å². The standard InChI is InChI=1S/C13H22N2O5/c1-3-9-8-20-5-4-14(9)13(18)15-7-10(19-2)6-11(15)12(16)17/h9-11H,3-8H2,1-2H3,(H,16,17). The van der Waals surface area contributed by atoms with Crippen LogP contribution in [0.25, 0.3) is 0 Å². The zero-order valence-corrected chi connectivity index (χ0v) is 11.9. The summed E-state index contributed by atoms with van der Waals surface area (Å²) in [4.78, 5) is 27.1.